The fraction of sp³-hybridized carbons (Fsp3) is 1.00. The summed E-state index contributed by atoms with van der Waals surface area (Å²) in [4.78, 5) is 7.83. The zero-order valence-electron chi connectivity index (χ0n) is 8.96. The normalized spacial score (nSPS) is 19.6. The largest absolute Gasteiger partial charge is 0.309 e. The van der Waals surface area contributed by atoms with Crippen LogP contribution in [0.25, 0.3) is 0 Å². The summed E-state index contributed by atoms with van der Waals surface area (Å²) >= 11 is 0. The molecule has 1 aliphatic heterocycles. The van der Waals surface area contributed by atoms with Gasteiger partial charge in [-0.25, -0.2) is 0 Å². The average molecular weight is 186 g/mol. The predicted octanol–water partition coefficient (Wildman–Crippen LogP) is 1.36. The second kappa shape index (κ2) is 6.35. The Balaban J connectivity index is 1.92. The van der Waals surface area contributed by atoms with Gasteiger partial charge in [-0.2, -0.15) is 5.06 Å². The van der Waals surface area contributed by atoms with Gasteiger partial charge in [0.25, 0.3) is 0 Å². The molecule has 13 heavy (non-hydrogen) atoms. The van der Waals surface area contributed by atoms with Crippen LogP contribution in [0.4, 0.5) is 0 Å². The number of hydroxylamine groups is 2. The van der Waals surface area contributed by atoms with Crippen molar-refractivity contribution < 1.29 is 4.84 Å². The third-order valence-electron chi connectivity index (χ3n) is 2.34. The van der Waals surface area contributed by atoms with Crippen molar-refractivity contribution in [2.75, 3.05) is 40.3 Å². The lowest BCUT2D eigenvalue weighted by atomic mass is 10.2. The third kappa shape index (κ3) is 5.24. The van der Waals surface area contributed by atoms with Crippen molar-refractivity contribution in [3.05, 3.63) is 0 Å². The van der Waals surface area contributed by atoms with Crippen LogP contribution in [0.1, 0.15) is 25.7 Å². The molecule has 0 bridgehead atoms. The van der Waals surface area contributed by atoms with E-state index in [0.29, 0.717) is 0 Å². The maximum absolute atomic E-state index is 5.64. The summed E-state index contributed by atoms with van der Waals surface area (Å²) in [5, 5.41) is 2.12. The van der Waals surface area contributed by atoms with Crippen LogP contribution in [0.15, 0.2) is 0 Å². The van der Waals surface area contributed by atoms with Crippen molar-refractivity contribution in [2.24, 2.45) is 0 Å². The van der Waals surface area contributed by atoms with Crippen LogP contribution in [-0.2, 0) is 4.84 Å². The molecule has 3 nitrogen and oxygen atoms in total. The summed E-state index contributed by atoms with van der Waals surface area (Å²) in [5.41, 5.74) is 0. The molecule has 0 N–H and O–H groups in total. The van der Waals surface area contributed by atoms with Crippen molar-refractivity contribution in [2.45, 2.75) is 25.7 Å². The highest BCUT2D eigenvalue weighted by atomic mass is 16.7. The van der Waals surface area contributed by atoms with E-state index < -0.39 is 0 Å². The van der Waals surface area contributed by atoms with Crippen molar-refractivity contribution in [1.29, 1.82) is 0 Å². The van der Waals surface area contributed by atoms with Crippen molar-refractivity contribution in [3.8, 4) is 0 Å². The summed E-state index contributed by atoms with van der Waals surface area (Å²) in [6.45, 7) is 4.25. The molecule has 0 aromatic heterocycles. The summed E-state index contributed by atoms with van der Waals surface area (Å²) in [6, 6.07) is 0. The van der Waals surface area contributed by atoms with E-state index in [1.54, 1.807) is 0 Å². The lowest BCUT2D eigenvalue weighted by molar-refractivity contribution is -0.169. The summed E-state index contributed by atoms with van der Waals surface area (Å²) in [5.74, 6) is 0. The maximum Gasteiger partial charge on any atom is 0.0697 e. The molecule has 0 saturated carbocycles. The van der Waals surface area contributed by atoms with E-state index in [1.165, 1.54) is 19.3 Å². The van der Waals surface area contributed by atoms with Gasteiger partial charge in [0.2, 0.25) is 0 Å². The number of hydrogen-bond donors (Lipinski definition) is 0. The topological polar surface area (TPSA) is 15.7 Å². The van der Waals surface area contributed by atoms with Crippen LogP contribution < -0.4 is 0 Å². The van der Waals surface area contributed by atoms with Crippen molar-refractivity contribution in [1.82, 2.24) is 9.96 Å². The fourth-order valence-electron chi connectivity index (χ4n) is 1.57. The van der Waals surface area contributed by atoms with Gasteiger partial charge in [-0.05, 0) is 39.9 Å². The fourth-order valence-corrected chi connectivity index (χ4v) is 1.57. The van der Waals surface area contributed by atoms with E-state index >= 15 is 0 Å². The van der Waals surface area contributed by atoms with Gasteiger partial charge in [-0.1, -0.05) is 6.42 Å². The third-order valence-corrected chi connectivity index (χ3v) is 2.34. The van der Waals surface area contributed by atoms with Crippen LogP contribution in [-0.4, -0.2) is 50.3 Å². The highest BCUT2D eigenvalue weighted by Gasteiger charge is 2.09. The van der Waals surface area contributed by atoms with E-state index in [4.69, 9.17) is 4.84 Å². The van der Waals surface area contributed by atoms with Crippen LogP contribution in [0.2, 0.25) is 0 Å². The summed E-state index contributed by atoms with van der Waals surface area (Å²) < 4.78 is 0. The highest BCUT2D eigenvalue weighted by molar-refractivity contribution is 4.56. The first-order chi connectivity index (χ1) is 6.29. The molecular weight excluding hydrogens is 164 g/mol. The van der Waals surface area contributed by atoms with E-state index in [2.05, 4.69) is 24.1 Å². The molecule has 1 aliphatic rings. The van der Waals surface area contributed by atoms with Crippen LogP contribution >= 0.6 is 0 Å². The first kappa shape index (κ1) is 11.0. The van der Waals surface area contributed by atoms with Gasteiger partial charge in [0, 0.05) is 13.1 Å². The molecule has 0 aliphatic carbocycles. The first-order valence-corrected chi connectivity index (χ1v) is 5.31. The Kier molecular flexibility index (Phi) is 5.35. The molecule has 0 aromatic rings. The van der Waals surface area contributed by atoms with Crippen LogP contribution in [0.3, 0.4) is 0 Å². The minimum Gasteiger partial charge on any atom is -0.309 e. The first-order valence-electron chi connectivity index (χ1n) is 5.31. The molecular formula is C10H22N2O. The molecule has 0 spiro atoms. The Morgan fingerprint density at radius 1 is 1.15 bits per heavy atom. The van der Waals surface area contributed by atoms with Gasteiger partial charge in [-0.15, -0.1) is 0 Å². The molecule has 0 unspecified atom stereocenters. The molecule has 1 saturated heterocycles. The number of piperidine rings is 1. The predicted molar refractivity (Wildman–Crippen MR) is 54.5 cm³/mol. The maximum atomic E-state index is 5.64. The van der Waals surface area contributed by atoms with Gasteiger partial charge < -0.3 is 4.90 Å². The minimum atomic E-state index is 0.873. The summed E-state index contributed by atoms with van der Waals surface area (Å²) in [6.07, 6.45) is 5.10. The van der Waals surface area contributed by atoms with Crippen molar-refractivity contribution >= 4 is 0 Å². The Morgan fingerprint density at radius 2 is 1.85 bits per heavy atom. The second-order valence-electron chi connectivity index (χ2n) is 3.98. The lowest BCUT2D eigenvalue weighted by Crippen LogP contribution is -2.30. The lowest BCUT2D eigenvalue weighted by Gasteiger charge is -2.25. The molecule has 1 rings (SSSR count). The molecule has 1 fully saturated rings. The second-order valence-corrected chi connectivity index (χ2v) is 3.98. The van der Waals surface area contributed by atoms with Crippen molar-refractivity contribution in [3.63, 3.8) is 0 Å². The van der Waals surface area contributed by atoms with Gasteiger partial charge in [0.15, 0.2) is 0 Å². The standard InChI is InChI=1S/C10H22N2O/c1-11(2)7-6-10-13-12-8-4-3-5-9-12/h3-10H2,1-2H3. The molecule has 3 heteroatoms. The van der Waals surface area contributed by atoms with Crippen LogP contribution in [0, 0.1) is 0 Å². The zero-order valence-corrected chi connectivity index (χ0v) is 8.96. The molecule has 0 atom stereocenters. The Morgan fingerprint density at radius 3 is 2.46 bits per heavy atom. The van der Waals surface area contributed by atoms with Gasteiger partial charge in [0.1, 0.15) is 0 Å². The van der Waals surface area contributed by atoms with E-state index in [-0.39, 0.29) is 0 Å². The zero-order chi connectivity index (χ0) is 9.52. The molecule has 0 radical (unpaired) electrons. The average Bonchev–Trinajstić information content (AvgIpc) is 2.14. The highest BCUT2D eigenvalue weighted by Crippen LogP contribution is 2.08. The molecule has 78 valence electrons. The summed E-state index contributed by atoms with van der Waals surface area (Å²) in [7, 11) is 4.20. The van der Waals surface area contributed by atoms with Gasteiger partial charge in [0.05, 0.1) is 6.61 Å². The van der Waals surface area contributed by atoms with Gasteiger partial charge in [-0.3, -0.25) is 4.84 Å². The Labute approximate surface area is 81.6 Å². The number of rotatable bonds is 5. The van der Waals surface area contributed by atoms with Gasteiger partial charge >= 0.3 is 0 Å². The number of hydrogen-bond acceptors (Lipinski definition) is 3. The quantitative estimate of drug-likeness (QED) is 0.603. The molecule has 0 amide bonds. The molecule has 0 aromatic carbocycles. The number of nitrogens with zero attached hydrogens (tertiary/aromatic N) is 2. The smallest absolute Gasteiger partial charge is 0.0697 e. The van der Waals surface area contributed by atoms with Crippen LogP contribution in [0.5, 0.6) is 0 Å². The van der Waals surface area contributed by atoms with E-state index in [9.17, 15) is 0 Å². The minimum absolute atomic E-state index is 0.873. The van der Waals surface area contributed by atoms with E-state index in [0.717, 1.165) is 32.7 Å². The Bertz CT molecular complexity index is 122. The molecule has 1 heterocycles. The Hall–Kier alpha value is -0.120. The SMILES string of the molecule is CN(C)CCCON1CCCCC1. The monoisotopic (exact) mass is 186 g/mol. The van der Waals surface area contributed by atoms with E-state index in [1.807, 2.05) is 0 Å².